The number of nitrogens with two attached hydrogens (primary N) is 1. The van der Waals surface area contributed by atoms with E-state index in [1.807, 2.05) is 17.9 Å². The number of nitrogens with zero attached hydrogens (tertiary/aromatic N) is 1. The zero-order chi connectivity index (χ0) is 13.1. The molecule has 1 amide bonds. The van der Waals surface area contributed by atoms with E-state index in [2.05, 4.69) is 25.1 Å². The third-order valence-electron chi connectivity index (χ3n) is 3.62. The first-order chi connectivity index (χ1) is 8.59. The second kappa shape index (κ2) is 5.53. The summed E-state index contributed by atoms with van der Waals surface area (Å²) in [6, 6.07) is 8.53. The highest BCUT2D eigenvalue weighted by Crippen LogP contribution is 2.33. The number of aryl methyl sites for hydroxylation is 1. The molecule has 0 saturated carbocycles. The fourth-order valence-electron chi connectivity index (χ4n) is 2.74. The summed E-state index contributed by atoms with van der Waals surface area (Å²) in [4.78, 5) is 14.2. The van der Waals surface area contributed by atoms with Crippen molar-refractivity contribution in [2.75, 3.05) is 6.54 Å². The van der Waals surface area contributed by atoms with E-state index < -0.39 is 0 Å². The van der Waals surface area contributed by atoms with Crippen LogP contribution in [0.2, 0.25) is 0 Å². The lowest BCUT2D eigenvalue weighted by Crippen LogP contribution is -2.34. The van der Waals surface area contributed by atoms with Crippen LogP contribution in [0.1, 0.15) is 43.4 Å². The Morgan fingerprint density at radius 2 is 2.22 bits per heavy atom. The summed E-state index contributed by atoms with van der Waals surface area (Å²) >= 11 is 0. The van der Waals surface area contributed by atoms with Gasteiger partial charge in [0.05, 0.1) is 6.04 Å². The zero-order valence-electron chi connectivity index (χ0n) is 11.2. The van der Waals surface area contributed by atoms with Crippen molar-refractivity contribution < 1.29 is 4.79 Å². The minimum atomic E-state index is -0.0596. The van der Waals surface area contributed by atoms with E-state index in [9.17, 15) is 4.79 Å². The van der Waals surface area contributed by atoms with E-state index in [1.165, 1.54) is 11.1 Å². The molecular weight excluding hydrogens is 224 g/mol. The minimum absolute atomic E-state index is 0.0596. The Hall–Kier alpha value is -1.35. The predicted molar refractivity (Wildman–Crippen MR) is 73.1 cm³/mol. The van der Waals surface area contributed by atoms with Gasteiger partial charge >= 0.3 is 0 Å². The van der Waals surface area contributed by atoms with Crippen molar-refractivity contribution in [2.45, 2.75) is 45.2 Å². The van der Waals surface area contributed by atoms with E-state index in [4.69, 9.17) is 5.73 Å². The van der Waals surface area contributed by atoms with Crippen molar-refractivity contribution in [3.05, 3.63) is 35.4 Å². The Labute approximate surface area is 109 Å². The van der Waals surface area contributed by atoms with Gasteiger partial charge in [0.15, 0.2) is 0 Å². The van der Waals surface area contributed by atoms with Crippen LogP contribution < -0.4 is 5.73 Å². The molecule has 1 fully saturated rings. The van der Waals surface area contributed by atoms with Crippen LogP contribution >= 0.6 is 0 Å². The molecular formula is C15H22N2O. The second-order valence-electron chi connectivity index (χ2n) is 5.28. The summed E-state index contributed by atoms with van der Waals surface area (Å²) in [5, 5.41) is 0. The van der Waals surface area contributed by atoms with Crippen molar-refractivity contribution in [3.8, 4) is 0 Å². The van der Waals surface area contributed by atoms with Crippen LogP contribution in [0.4, 0.5) is 0 Å². The Kier molecular flexibility index (Phi) is 4.02. The number of carbonyl (C=O) groups is 1. The van der Waals surface area contributed by atoms with Crippen LogP contribution in [-0.2, 0) is 4.79 Å². The minimum Gasteiger partial charge on any atom is -0.336 e. The van der Waals surface area contributed by atoms with Crippen molar-refractivity contribution in [1.29, 1.82) is 0 Å². The Morgan fingerprint density at radius 3 is 2.89 bits per heavy atom. The SMILES string of the molecule is Cc1ccccc1C1CCCN1C(=O)CC(C)N. The molecule has 1 aromatic carbocycles. The molecule has 3 nitrogen and oxygen atoms in total. The lowest BCUT2D eigenvalue weighted by molar-refractivity contribution is -0.132. The molecule has 2 rings (SSSR count). The number of likely N-dealkylation sites (tertiary alicyclic amines) is 1. The van der Waals surface area contributed by atoms with E-state index in [1.54, 1.807) is 0 Å². The van der Waals surface area contributed by atoms with Crippen LogP contribution in [0.5, 0.6) is 0 Å². The quantitative estimate of drug-likeness (QED) is 0.890. The van der Waals surface area contributed by atoms with Crippen LogP contribution in [0.15, 0.2) is 24.3 Å². The number of hydrogen-bond acceptors (Lipinski definition) is 2. The molecule has 18 heavy (non-hydrogen) atoms. The summed E-state index contributed by atoms with van der Waals surface area (Å²) in [5.74, 6) is 0.191. The number of rotatable bonds is 3. The normalized spacial score (nSPS) is 21.1. The first kappa shape index (κ1) is 13.1. The van der Waals surface area contributed by atoms with Gasteiger partial charge in [0, 0.05) is 19.0 Å². The molecule has 2 N–H and O–H groups in total. The molecule has 0 radical (unpaired) electrons. The van der Waals surface area contributed by atoms with E-state index in [-0.39, 0.29) is 18.0 Å². The number of benzene rings is 1. The maximum atomic E-state index is 12.2. The maximum Gasteiger partial charge on any atom is 0.224 e. The molecule has 0 spiro atoms. The van der Waals surface area contributed by atoms with Crippen LogP contribution in [0.3, 0.4) is 0 Å². The molecule has 1 aromatic rings. The number of hydrogen-bond donors (Lipinski definition) is 1. The van der Waals surface area contributed by atoms with E-state index >= 15 is 0 Å². The van der Waals surface area contributed by atoms with Gasteiger partial charge in [0.1, 0.15) is 0 Å². The Bertz CT molecular complexity index is 428. The van der Waals surface area contributed by atoms with Crippen molar-refractivity contribution in [1.82, 2.24) is 4.90 Å². The van der Waals surface area contributed by atoms with Crippen molar-refractivity contribution in [2.24, 2.45) is 5.73 Å². The standard InChI is InChI=1S/C15H22N2O/c1-11-6-3-4-7-13(11)14-8-5-9-17(14)15(18)10-12(2)16/h3-4,6-7,12,14H,5,8-10,16H2,1-2H3. The topological polar surface area (TPSA) is 46.3 Å². The average molecular weight is 246 g/mol. The molecule has 2 atom stereocenters. The Morgan fingerprint density at radius 1 is 1.50 bits per heavy atom. The first-order valence-electron chi connectivity index (χ1n) is 6.70. The summed E-state index contributed by atoms with van der Waals surface area (Å²) in [5.41, 5.74) is 8.28. The molecule has 1 aliphatic rings. The molecule has 1 heterocycles. The lowest BCUT2D eigenvalue weighted by atomic mass is 9.99. The Balaban J connectivity index is 2.18. The van der Waals surface area contributed by atoms with Crippen molar-refractivity contribution in [3.63, 3.8) is 0 Å². The molecule has 3 heteroatoms. The third-order valence-corrected chi connectivity index (χ3v) is 3.62. The second-order valence-corrected chi connectivity index (χ2v) is 5.28. The van der Waals surface area contributed by atoms with Gasteiger partial charge in [-0.2, -0.15) is 0 Å². The summed E-state index contributed by atoms with van der Waals surface area (Å²) in [6.07, 6.45) is 2.60. The van der Waals surface area contributed by atoms with E-state index in [0.29, 0.717) is 6.42 Å². The molecule has 1 saturated heterocycles. The summed E-state index contributed by atoms with van der Waals surface area (Å²) < 4.78 is 0. The highest BCUT2D eigenvalue weighted by Gasteiger charge is 2.30. The third kappa shape index (κ3) is 2.72. The highest BCUT2D eigenvalue weighted by atomic mass is 16.2. The predicted octanol–water partition coefficient (Wildman–Crippen LogP) is 2.40. The first-order valence-corrected chi connectivity index (χ1v) is 6.70. The lowest BCUT2D eigenvalue weighted by Gasteiger charge is -2.27. The fourth-order valence-corrected chi connectivity index (χ4v) is 2.74. The number of amides is 1. The van der Waals surface area contributed by atoms with Crippen LogP contribution in [-0.4, -0.2) is 23.4 Å². The summed E-state index contributed by atoms with van der Waals surface area (Å²) in [7, 11) is 0. The molecule has 0 aliphatic carbocycles. The van der Waals surface area contributed by atoms with E-state index in [0.717, 1.165) is 19.4 Å². The van der Waals surface area contributed by atoms with Crippen LogP contribution in [0.25, 0.3) is 0 Å². The molecule has 0 bridgehead atoms. The van der Waals surface area contributed by atoms with Crippen LogP contribution in [0, 0.1) is 6.92 Å². The van der Waals surface area contributed by atoms with Gasteiger partial charge in [-0.1, -0.05) is 24.3 Å². The molecule has 98 valence electrons. The zero-order valence-corrected chi connectivity index (χ0v) is 11.2. The summed E-state index contributed by atoms with van der Waals surface area (Å²) in [6.45, 7) is 4.86. The van der Waals surface area contributed by atoms with Gasteiger partial charge in [-0.15, -0.1) is 0 Å². The molecule has 1 aliphatic heterocycles. The van der Waals surface area contributed by atoms with Gasteiger partial charge in [-0.3, -0.25) is 4.79 Å². The fraction of sp³-hybridized carbons (Fsp3) is 0.533. The molecule has 2 unspecified atom stereocenters. The van der Waals surface area contributed by atoms with Gasteiger partial charge in [0.25, 0.3) is 0 Å². The number of carbonyl (C=O) groups excluding carboxylic acids is 1. The molecule has 0 aromatic heterocycles. The van der Waals surface area contributed by atoms with Crippen molar-refractivity contribution >= 4 is 5.91 Å². The smallest absolute Gasteiger partial charge is 0.224 e. The van der Waals surface area contributed by atoms with Gasteiger partial charge in [-0.25, -0.2) is 0 Å². The van der Waals surface area contributed by atoms with Gasteiger partial charge < -0.3 is 10.6 Å². The maximum absolute atomic E-state index is 12.2. The van der Waals surface area contributed by atoms with Gasteiger partial charge in [-0.05, 0) is 37.8 Å². The highest BCUT2D eigenvalue weighted by molar-refractivity contribution is 5.77. The largest absolute Gasteiger partial charge is 0.336 e. The van der Waals surface area contributed by atoms with Gasteiger partial charge in [0.2, 0.25) is 5.91 Å². The average Bonchev–Trinajstić information content (AvgIpc) is 2.77. The monoisotopic (exact) mass is 246 g/mol.